The fourth-order valence-corrected chi connectivity index (χ4v) is 5.43. The smallest absolute Gasteiger partial charge is 0.309 e. The zero-order valence-electron chi connectivity index (χ0n) is 14.2. The van der Waals surface area contributed by atoms with Crippen LogP contribution in [0.25, 0.3) is 0 Å². The molecule has 3 atom stereocenters. The Hall–Kier alpha value is -1.31. The van der Waals surface area contributed by atoms with E-state index in [1.54, 1.807) is 5.57 Å². The molecular formula is C20H28O2. The van der Waals surface area contributed by atoms with Crippen LogP contribution in [0.2, 0.25) is 0 Å². The van der Waals surface area contributed by atoms with Gasteiger partial charge >= 0.3 is 5.97 Å². The lowest BCUT2D eigenvalue weighted by atomic mass is 9.48. The molecule has 1 N–H and O–H groups in total. The van der Waals surface area contributed by atoms with Gasteiger partial charge in [-0.2, -0.15) is 0 Å². The van der Waals surface area contributed by atoms with Gasteiger partial charge in [0.2, 0.25) is 0 Å². The number of carbonyl (C=O) groups is 1. The van der Waals surface area contributed by atoms with Crippen molar-refractivity contribution in [2.75, 3.05) is 0 Å². The molecule has 0 amide bonds. The van der Waals surface area contributed by atoms with E-state index in [1.807, 2.05) is 6.92 Å². The zero-order chi connectivity index (χ0) is 16.1. The van der Waals surface area contributed by atoms with Crippen molar-refractivity contribution in [1.29, 1.82) is 0 Å². The van der Waals surface area contributed by atoms with Crippen LogP contribution in [-0.2, 0) is 4.79 Å². The van der Waals surface area contributed by atoms with Crippen molar-refractivity contribution < 1.29 is 9.90 Å². The molecule has 120 valence electrons. The van der Waals surface area contributed by atoms with Gasteiger partial charge in [0.15, 0.2) is 0 Å². The Morgan fingerprint density at radius 1 is 1.27 bits per heavy atom. The lowest BCUT2D eigenvalue weighted by molar-refractivity contribution is -0.159. The first kappa shape index (κ1) is 15.6. The van der Waals surface area contributed by atoms with Gasteiger partial charge in [0.25, 0.3) is 0 Å². The van der Waals surface area contributed by atoms with Crippen molar-refractivity contribution in [2.45, 2.75) is 65.7 Å². The first-order valence-electron chi connectivity index (χ1n) is 8.61. The molecule has 2 nitrogen and oxygen atoms in total. The normalized spacial score (nSPS) is 38.0. The van der Waals surface area contributed by atoms with Crippen molar-refractivity contribution in [2.24, 2.45) is 16.7 Å². The van der Waals surface area contributed by atoms with Gasteiger partial charge in [0.1, 0.15) is 0 Å². The van der Waals surface area contributed by atoms with Gasteiger partial charge in [0, 0.05) is 0 Å². The van der Waals surface area contributed by atoms with Crippen molar-refractivity contribution in [3.63, 3.8) is 0 Å². The highest BCUT2D eigenvalue weighted by Crippen LogP contribution is 2.61. The fraction of sp³-hybridized carbons (Fsp3) is 0.650. The van der Waals surface area contributed by atoms with E-state index in [4.69, 9.17) is 0 Å². The van der Waals surface area contributed by atoms with Crippen molar-refractivity contribution in [1.82, 2.24) is 0 Å². The molecular weight excluding hydrogens is 272 g/mol. The average Bonchev–Trinajstić information content (AvgIpc) is 2.46. The van der Waals surface area contributed by atoms with Crippen molar-refractivity contribution in [3.05, 3.63) is 34.9 Å². The maximum Gasteiger partial charge on any atom is 0.309 e. The molecule has 0 aromatic rings. The highest BCUT2D eigenvalue weighted by molar-refractivity contribution is 5.75. The molecule has 3 aliphatic carbocycles. The minimum Gasteiger partial charge on any atom is -0.481 e. The number of allylic oxidation sites excluding steroid dienone is 5. The first-order chi connectivity index (χ1) is 10.3. The summed E-state index contributed by atoms with van der Waals surface area (Å²) in [6.07, 6.45) is 9.58. The summed E-state index contributed by atoms with van der Waals surface area (Å²) < 4.78 is 0. The topological polar surface area (TPSA) is 37.3 Å². The third-order valence-corrected chi connectivity index (χ3v) is 6.74. The average molecular weight is 300 g/mol. The second kappa shape index (κ2) is 5.11. The van der Waals surface area contributed by atoms with Crippen LogP contribution < -0.4 is 0 Å². The zero-order valence-corrected chi connectivity index (χ0v) is 14.2. The van der Waals surface area contributed by atoms with Gasteiger partial charge in [-0.15, -0.1) is 0 Å². The van der Waals surface area contributed by atoms with Crippen LogP contribution in [0.15, 0.2) is 34.9 Å². The number of rotatable bonds is 2. The van der Waals surface area contributed by atoms with Crippen molar-refractivity contribution in [3.8, 4) is 0 Å². The lowest BCUT2D eigenvalue weighted by Crippen LogP contribution is -2.50. The molecule has 0 aromatic carbocycles. The van der Waals surface area contributed by atoms with Crippen LogP contribution in [0, 0.1) is 16.7 Å². The molecule has 0 radical (unpaired) electrons. The summed E-state index contributed by atoms with van der Waals surface area (Å²) in [6, 6.07) is 0. The summed E-state index contributed by atoms with van der Waals surface area (Å²) in [5.74, 6) is -0.314. The second-order valence-corrected chi connectivity index (χ2v) is 8.04. The maximum atomic E-state index is 11.9. The first-order valence-corrected chi connectivity index (χ1v) is 8.61. The summed E-state index contributed by atoms with van der Waals surface area (Å²) in [6.45, 7) is 10.5. The summed E-state index contributed by atoms with van der Waals surface area (Å²) in [5.41, 5.74) is 5.13. The minimum atomic E-state index is -0.596. The van der Waals surface area contributed by atoms with Crippen LogP contribution in [0.1, 0.15) is 65.7 Å². The SMILES string of the molecule is C=C(C)C1=CC2=C(CC1)[C@@]1(C)CCC[C@](C)(C(=O)O)[C@@H]1CC2. The van der Waals surface area contributed by atoms with Gasteiger partial charge in [-0.05, 0) is 74.9 Å². The molecule has 1 saturated carbocycles. The van der Waals surface area contributed by atoms with Gasteiger partial charge in [0.05, 0.1) is 5.41 Å². The lowest BCUT2D eigenvalue weighted by Gasteiger charge is -2.55. The summed E-state index contributed by atoms with van der Waals surface area (Å²) in [5, 5.41) is 9.82. The number of carboxylic acids is 1. The molecule has 2 heteroatoms. The van der Waals surface area contributed by atoms with Gasteiger partial charge in [-0.3, -0.25) is 4.79 Å². The number of hydrogen-bond acceptors (Lipinski definition) is 1. The predicted octanol–water partition coefficient (Wildman–Crippen LogP) is 5.27. The van der Waals surface area contributed by atoms with Crippen LogP contribution in [0.4, 0.5) is 0 Å². The monoisotopic (exact) mass is 300 g/mol. The van der Waals surface area contributed by atoms with Crippen LogP contribution >= 0.6 is 0 Å². The summed E-state index contributed by atoms with van der Waals surface area (Å²) >= 11 is 0. The van der Waals surface area contributed by atoms with Crippen LogP contribution in [-0.4, -0.2) is 11.1 Å². The Labute approximate surface area is 134 Å². The predicted molar refractivity (Wildman–Crippen MR) is 89.6 cm³/mol. The number of fused-ring (bicyclic) bond motifs is 2. The van der Waals surface area contributed by atoms with E-state index in [2.05, 4.69) is 26.5 Å². The molecule has 22 heavy (non-hydrogen) atoms. The second-order valence-electron chi connectivity index (χ2n) is 8.04. The van der Waals surface area contributed by atoms with E-state index in [0.29, 0.717) is 0 Å². The van der Waals surface area contributed by atoms with Crippen LogP contribution in [0.3, 0.4) is 0 Å². The molecule has 3 rings (SSSR count). The van der Waals surface area contributed by atoms with Crippen molar-refractivity contribution >= 4 is 5.97 Å². The molecule has 0 aliphatic heterocycles. The Balaban J connectivity index is 2.04. The third-order valence-electron chi connectivity index (χ3n) is 6.74. The standard InChI is InChI=1S/C20H28O2/c1-13(2)14-6-8-16-15(12-14)7-9-17-19(16,3)10-5-11-20(17,4)18(21)22/h12,17H,1,5-11H2,2-4H3,(H,21,22)/t17-,19-,20+/m1/s1. The number of hydrogen-bond donors (Lipinski definition) is 1. The van der Waals surface area contributed by atoms with E-state index in [0.717, 1.165) is 44.9 Å². The third kappa shape index (κ3) is 2.11. The highest BCUT2D eigenvalue weighted by atomic mass is 16.4. The van der Waals surface area contributed by atoms with Gasteiger partial charge < -0.3 is 5.11 Å². The largest absolute Gasteiger partial charge is 0.481 e. The Morgan fingerprint density at radius 3 is 2.64 bits per heavy atom. The van der Waals surface area contributed by atoms with E-state index < -0.39 is 11.4 Å². The number of carboxylic acid groups (broad SMARTS) is 1. The highest BCUT2D eigenvalue weighted by Gasteiger charge is 2.55. The van der Waals surface area contributed by atoms with E-state index in [-0.39, 0.29) is 11.3 Å². The van der Waals surface area contributed by atoms with Gasteiger partial charge in [-0.25, -0.2) is 0 Å². The maximum absolute atomic E-state index is 11.9. The minimum absolute atomic E-state index is 0.0794. The fourth-order valence-electron chi connectivity index (χ4n) is 5.43. The Morgan fingerprint density at radius 2 is 2.00 bits per heavy atom. The Kier molecular flexibility index (Phi) is 3.62. The van der Waals surface area contributed by atoms with E-state index in [9.17, 15) is 9.90 Å². The molecule has 3 aliphatic rings. The summed E-state index contributed by atoms with van der Waals surface area (Å²) in [4.78, 5) is 11.9. The summed E-state index contributed by atoms with van der Waals surface area (Å²) in [7, 11) is 0. The van der Waals surface area contributed by atoms with Crippen LogP contribution in [0.5, 0.6) is 0 Å². The molecule has 1 fully saturated rings. The molecule has 0 bridgehead atoms. The molecule has 0 saturated heterocycles. The molecule has 0 unspecified atom stereocenters. The number of aliphatic carboxylic acids is 1. The molecule has 0 aromatic heterocycles. The van der Waals surface area contributed by atoms with E-state index >= 15 is 0 Å². The Bertz CT molecular complexity index is 595. The molecule has 0 heterocycles. The van der Waals surface area contributed by atoms with E-state index in [1.165, 1.54) is 16.7 Å². The molecule has 0 spiro atoms. The quantitative estimate of drug-likeness (QED) is 0.754. The van der Waals surface area contributed by atoms with Gasteiger partial charge in [-0.1, -0.05) is 37.1 Å².